The second-order valence-corrected chi connectivity index (χ2v) is 36.9. The summed E-state index contributed by atoms with van der Waals surface area (Å²) in [7, 11) is -3.11. The van der Waals surface area contributed by atoms with Crippen LogP contribution < -0.4 is 168 Å². The van der Waals surface area contributed by atoms with Gasteiger partial charge in [-0.1, -0.05) is 275 Å². The Morgan fingerprint density at radius 2 is 0.908 bits per heavy atom. The minimum atomic E-state index is -3.11. The van der Waals surface area contributed by atoms with Gasteiger partial charge in [-0.2, -0.15) is 11.0 Å². The van der Waals surface area contributed by atoms with Crippen molar-refractivity contribution in [1.82, 2.24) is 0 Å². The molecule has 17 rings (SSSR count). The minimum Gasteiger partial charge on any atom is -1.00 e. The number of fused-ring (bicyclic) bond motifs is 9. The molecule has 3 unspecified atom stereocenters. The first kappa shape index (κ1) is 125. The van der Waals surface area contributed by atoms with E-state index in [1.165, 1.54) is 0 Å². The van der Waals surface area contributed by atoms with E-state index in [0.717, 1.165) is 33.9 Å². The molecule has 8 aliphatic rings. The molecule has 9 aromatic carbocycles. The van der Waals surface area contributed by atoms with Gasteiger partial charge in [-0.3, -0.25) is 24.0 Å². The summed E-state index contributed by atoms with van der Waals surface area (Å²) < 4.78 is 72.7. The first-order valence-electron chi connectivity index (χ1n) is 36.4. The minimum absolute atomic E-state index is 0. The number of aliphatic hydroxyl groups is 3. The van der Waals surface area contributed by atoms with Crippen LogP contribution in [0.3, 0.4) is 0 Å². The molecular weight excluding hydrogens is 2280 g/mol. The number of carboxylic acids is 2. The van der Waals surface area contributed by atoms with Gasteiger partial charge in [0.15, 0.2) is 32.6 Å². The third-order valence-electron chi connectivity index (χ3n) is 17.3. The predicted octanol–water partition coefficient (Wildman–Crippen LogP) is 7.78. The van der Waals surface area contributed by atoms with Crippen molar-refractivity contribution >= 4 is 239 Å². The summed E-state index contributed by atoms with van der Waals surface area (Å²) in [5.41, 5.74) is 16.5. The van der Waals surface area contributed by atoms with Crippen LogP contribution in [-0.4, -0.2) is 174 Å². The number of nitrogens with zero attached hydrogens (tertiary/aromatic N) is 1. The van der Waals surface area contributed by atoms with Crippen molar-refractivity contribution in [3.63, 3.8) is 0 Å². The third kappa shape index (κ3) is 38.2. The van der Waals surface area contributed by atoms with Gasteiger partial charge in [0.25, 0.3) is 0 Å². The zero-order valence-electron chi connectivity index (χ0n) is 70.4. The number of Topliss-reactive ketones (excluding diaryl/α,β-unsaturated/α-hetero) is 3. The van der Waals surface area contributed by atoms with Gasteiger partial charge in [0.2, 0.25) is 0 Å². The standard InChI is InChI=1S/C11H10ClNO2.C9H5Br2ClO2.C9H8BrClO2.C9H6BrClO2.2C9H10ClNO2.C9H9ClO3.C9H7ClO2.C6H5ClO.C3H5BrO2.B.4Na.O3S.H2O.H/c1-6-13-10-7-3-2-4-8(12)11(7)14-5-9(10)15-6;10-9(11)4-14-7-5(8(9)13)2-1-3-6(7)12;2*10-6-4-13-9-5(8(6)12)2-1-3-7(9)11;2*10-6-3-1-2-5-8(11)7(12)4-13-9(5)6;10-7-3-1-2-4-8(7)13-6-5-9(11)12;10-7-3-1-2-6-8(11)4-5-12-9(6)7;7-5-3-1-2-4-6(5)8;4-2-1-3(5)6;;;;;;1-4(2)3;;/h2-4,9-10H,5H2,1H3;1-3H,4H2;1-3,6,8,12H,4H2;1-3,6H,4H2;2*1-3,7-8,12H,4,11H2;1-4H,5-6H2,(H,11,12);1-3H,4-5H2;1-4,8H;1-2H2,(H,5,6);;;;;;;1H2;/q;;;;;;;;;;;4*+1;-2;;-1/p-1/t9-,10+;;;;2*7-,8+;;;;;;;;;;;;/m1...11............/s1. The molecule has 0 aromatic heterocycles. The van der Waals surface area contributed by atoms with E-state index in [0.29, 0.717) is 140 Å². The number of aliphatic carboxylic acids is 2. The Morgan fingerprint density at radius 1 is 0.523 bits per heavy atom. The number of halogens is 14. The fourth-order valence-corrected chi connectivity index (χ4v) is 15.1. The normalized spacial score (nSPS) is 18.7. The Balaban J connectivity index is 0.00000143. The monoisotopic (exact) mass is 2340 g/mol. The van der Waals surface area contributed by atoms with E-state index in [2.05, 4.69) is 84.6 Å². The molecule has 0 amide bonds. The largest absolute Gasteiger partial charge is 1.00 e. The van der Waals surface area contributed by atoms with Crippen molar-refractivity contribution in [2.24, 2.45) is 16.5 Å². The van der Waals surface area contributed by atoms with E-state index >= 15 is 0 Å². The van der Waals surface area contributed by atoms with Crippen molar-refractivity contribution in [3.05, 3.63) is 260 Å². The Morgan fingerprint density at radius 3 is 1.36 bits per heavy atom. The number of benzene rings is 9. The third-order valence-corrected chi connectivity index (χ3v) is 23.1. The number of para-hydroxylation sites is 9. The average molecular weight is 2350 g/mol. The number of hydrogen-bond acceptors (Lipinski definition) is 26. The molecule has 130 heavy (non-hydrogen) atoms. The van der Waals surface area contributed by atoms with Gasteiger partial charge < -0.3 is 105 Å². The van der Waals surface area contributed by atoms with Gasteiger partial charge in [0.1, 0.15) is 114 Å². The Hall–Kier alpha value is -2.66. The predicted molar refractivity (Wildman–Crippen MR) is 500 cm³/mol. The molecule has 47 heteroatoms. The van der Waals surface area contributed by atoms with Gasteiger partial charge in [0.05, 0.1) is 111 Å². The van der Waals surface area contributed by atoms with Crippen molar-refractivity contribution in [3.8, 4) is 51.7 Å². The van der Waals surface area contributed by atoms with Gasteiger partial charge in [-0.05, 0) is 84.9 Å². The topological polar surface area (TPSA) is 441 Å². The molecule has 11 N–H and O–H groups in total. The Labute approximate surface area is 929 Å². The molecule has 9 atom stereocenters. The molecule has 0 aliphatic carbocycles. The van der Waals surface area contributed by atoms with Crippen LogP contribution in [0, 0.1) is 0 Å². The van der Waals surface area contributed by atoms with Crippen molar-refractivity contribution in [2.45, 2.75) is 81.6 Å². The number of alkyl halides is 5. The number of phenols is 1. The summed E-state index contributed by atoms with van der Waals surface area (Å²) in [6.45, 7) is 4.38. The van der Waals surface area contributed by atoms with Crippen LogP contribution in [0.1, 0.15) is 105 Å². The molecular formula is C83H77BBr5Cl9N3Na4O24S. The fourth-order valence-electron chi connectivity index (χ4n) is 11.4. The molecule has 0 fully saturated rings. The van der Waals surface area contributed by atoms with E-state index in [-0.39, 0.29) is 218 Å². The second kappa shape index (κ2) is 63.1. The molecule has 679 valence electrons. The maximum Gasteiger partial charge on any atom is 1.00 e. The Kier molecular flexibility index (Phi) is 60.9. The molecule has 3 radical (unpaired) electrons. The second-order valence-electron chi connectivity index (χ2n) is 26.0. The smallest absolute Gasteiger partial charge is 1.00 e. The van der Waals surface area contributed by atoms with Crippen molar-refractivity contribution in [1.29, 1.82) is 0 Å². The first-order valence-corrected chi connectivity index (χ1v) is 45.3. The van der Waals surface area contributed by atoms with Crippen LogP contribution in [0.15, 0.2) is 181 Å². The number of ketones is 3. The number of phenolic OH excluding ortho intramolecular Hbond substituents is 1. The summed E-state index contributed by atoms with van der Waals surface area (Å²) in [6.07, 6.45) is -1.19. The number of aliphatic hydroxyl groups excluding tert-OH is 3. The van der Waals surface area contributed by atoms with Crippen molar-refractivity contribution in [2.75, 3.05) is 58.2 Å². The van der Waals surface area contributed by atoms with Crippen LogP contribution >= 0.6 is 184 Å². The molecule has 0 saturated heterocycles. The summed E-state index contributed by atoms with van der Waals surface area (Å²) in [5, 5.41) is 58.8. The van der Waals surface area contributed by atoms with Gasteiger partial charge >= 0.3 is 130 Å². The summed E-state index contributed by atoms with van der Waals surface area (Å²) in [6, 6.07) is 50.2. The van der Waals surface area contributed by atoms with E-state index in [9.17, 15) is 39.3 Å². The van der Waals surface area contributed by atoms with Gasteiger partial charge in [-0.15, -0.1) is 0 Å². The van der Waals surface area contributed by atoms with Gasteiger partial charge in [-0.25, -0.2) is 4.99 Å². The van der Waals surface area contributed by atoms with Crippen LogP contribution in [0.25, 0.3) is 0 Å². The van der Waals surface area contributed by atoms with Crippen LogP contribution in [0.2, 0.25) is 45.2 Å². The van der Waals surface area contributed by atoms with Gasteiger partial charge in [0, 0.05) is 49.3 Å². The number of carbonyl (C=O) groups excluding carboxylic acids is 3. The number of aromatic hydroxyl groups is 1. The average Bonchev–Trinajstić information content (AvgIpc) is 1.65. The van der Waals surface area contributed by atoms with Crippen LogP contribution in [0.4, 0.5) is 0 Å². The van der Waals surface area contributed by atoms with Crippen LogP contribution in [-0.2, 0) is 33.7 Å². The molecule has 0 bridgehead atoms. The Bertz CT molecular complexity index is 5150. The summed E-state index contributed by atoms with van der Waals surface area (Å²) in [5.74, 6) is 3.87. The molecule has 8 heterocycles. The van der Waals surface area contributed by atoms with E-state index in [1.54, 1.807) is 140 Å². The maximum atomic E-state index is 11.9. The number of ether oxygens (including phenoxy) is 9. The maximum absolute atomic E-state index is 11.9. The van der Waals surface area contributed by atoms with E-state index in [1.807, 2.05) is 43.3 Å². The molecule has 8 aliphatic heterocycles. The fraction of sp³-hybridized carbons (Fsp3) is 0.277. The quantitative estimate of drug-likeness (QED) is 0.0259. The summed E-state index contributed by atoms with van der Waals surface area (Å²) >= 11 is 68.6. The van der Waals surface area contributed by atoms with Crippen LogP contribution in [0.5, 0.6) is 51.7 Å². The number of carboxylic acid groups (broad SMARTS) is 2. The number of nitrogens with two attached hydrogens (primary N) is 2. The van der Waals surface area contributed by atoms with Crippen molar-refractivity contribution < 1.29 is 235 Å². The van der Waals surface area contributed by atoms with E-state index < -0.39 is 56.6 Å². The van der Waals surface area contributed by atoms with E-state index in [4.69, 9.17) is 187 Å². The molecule has 0 saturated carbocycles. The number of hydrogen-bond donors (Lipinski definition) is 8. The summed E-state index contributed by atoms with van der Waals surface area (Å²) in [4.78, 5) is 58.6. The number of aliphatic imine (C=N–C) groups is 1. The number of carbonyl (C=O) groups is 5. The SMILES string of the molecule is CC1=N[C@H]2c3cccc(Cl)c3OC[C@H]2O1.N[C@H]1c2cccc(Cl)c2OC[C@H]1O.N[C@H]1c2cccc(Cl)c2OC[C@H]1O.O=C(O)CCBr.O=C(O)CCOc1ccccc1Cl.O=C1CCOc2c(Cl)cccc21.O=C1c2cccc(Cl)c2OCC1(Br)Br.O=C1c2cccc(Cl)c2OCC1Br.O=[S-](=O)[O-].OC1c2cccc(Cl)c2OCC1Br.Oc1ccccc1Cl.[B].[H-].[Na+].[Na+].[Na+].[Na+].[OH-]. The molecule has 9 aromatic rings. The zero-order chi connectivity index (χ0) is 91.2. The molecule has 0 spiro atoms. The molecule has 27 nitrogen and oxygen atoms in total. The number of rotatable bonds is 6. The first-order chi connectivity index (χ1) is 58.9. The zero-order valence-corrected chi connectivity index (χ0v) is 92.9.